The number of ether oxygens (including phenoxy) is 1. The molecule has 0 spiro atoms. The van der Waals surface area contributed by atoms with E-state index in [4.69, 9.17) is 20.8 Å². The van der Waals surface area contributed by atoms with Gasteiger partial charge in [0.05, 0.1) is 9.50 Å². The highest BCUT2D eigenvalue weighted by atomic mass is 79.9. The summed E-state index contributed by atoms with van der Waals surface area (Å²) in [5, 5.41) is 10.3. The third-order valence-corrected chi connectivity index (χ3v) is 4.94. The number of carbonyl (C=O) groups excluding carboxylic acids is 1. The van der Waals surface area contributed by atoms with Crippen molar-refractivity contribution < 1.29 is 19.1 Å². The van der Waals surface area contributed by atoms with Crippen LogP contribution in [0.15, 0.2) is 15.0 Å². The summed E-state index contributed by atoms with van der Waals surface area (Å²) >= 11 is 9.36. The first-order valence-corrected chi connectivity index (χ1v) is 9.46. The number of halogens is 2. The minimum Gasteiger partial charge on any atom is -0.504 e. The molecular formula is C17H21BrClN3O4. The van der Waals surface area contributed by atoms with Crippen molar-refractivity contribution >= 4 is 50.7 Å². The fraction of sp³-hybridized carbons (Fsp3) is 0.529. The lowest BCUT2D eigenvalue weighted by atomic mass is 10.2. The maximum atomic E-state index is 12.3. The van der Waals surface area contributed by atoms with Crippen LogP contribution in [-0.2, 0) is 4.74 Å². The molecule has 1 N–H and O–H groups in total. The van der Waals surface area contributed by atoms with Crippen LogP contribution in [0.2, 0.25) is 5.02 Å². The van der Waals surface area contributed by atoms with Crippen LogP contribution in [0.3, 0.4) is 0 Å². The van der Waals surface area contributed by atoms with Gasteiger partial charge in [0.1, 0.15) is 5.60 Å². The van der Waals surface area contributed by atoms with Gasteiger partial charge >= 0.3 is 6.09 Å². The molecule has 0 bridgehead atoms. The second-order valence-electron chi connectivity index (χ2n) is 7.33. The number of fused-ring (bicyclic) bond motifs is 1. The molecule has 1 aromatic heterocycles. The predicted octanol–water partition coefficient (Wildman–Crippen LogP) is 4.39. The zero-order valence-electron chi connectivity index (χ0n) is 15.0. The standard InChI is InChI=1S/C17H21BrClN3O4/c1-9-8-21(16(24)26-17(2,3)4)5-6-22(9)15-20-12-13(23)11(19)7-10(18)14(12)25-15/h7,9,23H,5-6,8H2,1-4H3/t9-/m0/s1. The number of hydrogen-bond acceptors (Lipinski definition) is 6. The molecule has 7 nitrogen and oxygen atoms in total. The summed E-state index contributed by atoms with van der Waals surface area (Å²) in [4.78, 5) is 20.3. The van der Waals surface area contributed by atoms with Crippen LogP contribution in [0.1, 0.15) is 27.7 Å². The number of benzene rings is 1. The van der Waals surface area contributed by atoms with Crippen molar-refractivity contribution in [2.45, 2.75) is 39.3 Å². The van der Waals surface area contributed by atoms with E-state index in [1.807, 2.05) is 32.6 Å². The maximum absolute atomic E-state index is 12.3. The summed E-state index contributed by atoms with van der Waals surface area (Å²) < 4.78 is 11.9. The summed E-state index contributed by atoms with van der Waals surface area (Å²) in [6.07, 6.45) is -0.325. The van der Waals surface area contributed by atoms with Crippen LogP contribution >= 0.6 is 27.5 Å². The molecule has 2 heterocycles. The van der Waals surface area contributed by atoms with Gasteiger partial charge in [-0.25, -0.2) is 4.79 Å². The highest BCUT2D eigenvalue weighted by molar-refractivity contribution is 9.10. The average molecular weight is 447 g/mol. The first-order valence-electron chi connectivity index (χ1n) is 8.29. The van der Waals surface area contributed by atoms with Crippen molar-refractivity contribution in [3.05, 3.63) is 15.6 Å². The van der Waals surface area contributed by atoms with Gasteiger partial charge in [0.25, 0.3) is 6.01 Å². The summed E-state index contributed by atoms with van der Waals surface area (Å²) in [5.74, 6) is -0.111. The molecule has 9 heteroatoms. The summed E-state index contributed by atoms with van der Waals surface area (Å²) in [6, 6.07) is 1.92. The highest BCUT2D eigenvalue weighted by Gasteiger charge is 2.32. The van der Waals surface area contributed by atoms with Gasteiger partial charge < -0.3 is 24.1 Å². The van der Waals surface area contributed by atoms with Crippen molar-refractivity contribution in [3.8, 4) is 5.75 Å². The number of anilines is 1. The van der Waals surface area contributed by atoms with Gasteiger partial charge in [-0.15, -0.1) is 0 Å². The number of piperazine rings is 1. The van der Waals surface area contributed by atoms with Crippen LogP contribution in [-0.4, -0.2) is 52.4 Å². The molecule has 1 atom stereocenters. The number of aromatic nitrogens is 1. The monoisotopic (exact) mass is 445 g/mol. The van der Waals surface area contributed by atoms with Gasteiger partial charge in [0, 0.05) is 25.7 Å². The molecule has 1 fully saturated rings. The quantitative estimate of drug-likeness (QED) is 0.700. The van der Waals surface area contributed by atoms with Crippen molar-refractivity contribution in [1.29, 1.82) is 0 Å². The molecule has 0 unspecified atom stereocenters. The number of carbonyl (C=O) groups is 1. The second kappa shape index (κ2) is 6.81. The highest BCUT2D eigenvalue weighted by Crippen LogP contribution is 2.39. The Labute approximate surface area is 165 Å². The van der Waals surface area contributed by atoms with Crippen molar-refractivity contribution in [2.75, 3.05) is 24.5 Å². The van der Waals surface area contributed by atoms with Gasteiger partial charge in [0.2, 0.25) is 0 Å². The van der Waals surface area contributed by atoms with Gasteiger partial charge in [-0.05, 0) is 49.7 Å². The maximum Gasteiger partial charge on any atom is 0.410 e. The van der Waals surface area contributed by atoms with Crippen LogP contribution in [0.4, 0.5) is 10.8 Å². The molecule has 0 saturated carbocycles. The molecular weight excluding hydrogens is 426 g/mol. The predicted molar refractivity (Wildman–Crippen MR) is 103 cm³/mol. The Balaban J connectivity index is 1.80. The second-order valence-corrected chi connectivity index (χ2v) is 8.59. The molecule has 1 aliphatic heterocycles. The summed E-state index contributed by atoms with van der Waals surface area (Å²) in [6.45, 7) is 9.04. The first kappa shape index (κ1) is 19.1. The lowest BCUT2D eigenvalue weighted by molar-refractivity contribution is 0.0216. The van der Waals surface area contributed by atoms with Crippen LogP contribution in [0, 0.1) is 0 Å². The van der Waals surface area contributed by atoms with Gasteiger partial charge in [-0.2, -0.15) is 4.98 Å². The Morgan fingerprint density at radius 1 is 1.46 bits per heavy atom. The van der Waals surface area contributed by atoms with Crippen molar-refractivity contribution in [1.82, 2.24) is 9.88 Å². The van der Waals surface area contributed by atoms with Crippen molar-refractivity contribution in [3.63, 3.8) is 0 Å². The minimum atomic E-state index is -0.527. The van der Waals surface area contributed by atoms with Gasteiger partial charge in [0.15, 0.2) is 16.8 Å². The van der Waals surface area contributed by atoms with Crippen LogP contribution in [0.5, 0.6) is 5.75 Å². The average Bonchev–Trinajstić information content (AvgIpc) is 2.96. The Kier molecular flexibility index (Phi) is 5.00. The van der Waals surface area contributed by atoms with Gasteiger partial charge in [-0.3, -0.25) is 0 Å². The topological polar surface area (TPSA) is 79.0 Å². The van der Waals surface area contributed by atoms with E-state index in [1.165, 1.54) is 0 Å². The Morgan fingerprint density at radius 3 is 2.77 bits per heavy atom. The van der Waals surface area contributed by atoms with Crippen molar-refractivity contribution in [2.24, 2.45) is 0 Å². The number of aromatic hydroxyl groups is 1. The Morgan fingerprint density at radius 2 is 2.15 bits per heavy atom. The van der Waals surface area contributed by atoms with E-state index in [0.29, 0.717) is 41.2 Å². The van der Waals surface area contributed by atoms with Crippen LogP contribution in [0.25, 0.3) is 11.1 Å². The molecule has 1 amide bonds. The number of rotatable bonds is 1. The van der Waals surface area contributed by atoms with E-state index in [-0.39, 0.29) is 22.9 Å². The Bertz CT molecular complexity index is 849. The largest absolute Gasteiger partial charge is 0.504 e. The summed E-state index contributed by atoms with van der Waals surface area (Å²) in [7, 11) is 0. The smallest absolute Gasteiger partial charge is 0.410 e. The lowest BCUT2D eigenvalue weighted by Gasteiger charge is -2.39. The number of amides is 1. The van der Waals surface area contributed by atoms with Crippen LogP contribution < -0.4 is 4.90 Å². The van der Waals surface area contributed by atoms with E-state index in [9.17, 15) is 9.90 Å². The molecule has 0 radical (unpaired) electrons. The molecule has 26 heavy (non-hydrogen) atoms. The number of hydrogen-bond donors (Lipinski definition) is 1. The molecule has 1 aromatic carbocycles. The Hall–Kier alpha value is -1.67. The SMILES string of the molecule is C[C@H]1CN(C(=O)OC(C)(C)C)CCN1c1nc2c(O)c(Cl)cc(Br)c2o1. The number of nitrogens with zero attached hydrogens (tertiary/aromatic N) is 3. The van der Waals surface area contributed by atoms with E-state index in [2.05, 4.69) is 20.9 Å². The third kappa shape index (κ3) is 3.71. The fourth-order valence-electron chi connectivity index (χ4n) is 2.85. The third-order valence-electron chi connectivity index (χ3n) is 4.06. The zero-order chi connectivity index (χ0) is 19.2. The van der Waals surface area contributed by atoms with E-state index < -0.39 is 5.60 Å². The van der Waals surface area contributed by atoms with E-state index in [1.54, 1.807) is 11.0 Å². The lowest BCUT2D eigenvalue weighted by Crippen LogP contribution is -2.54. The summed E-state index contributed by atoms with van der Waals surface area (Å²) in [5.41, 5.74) is 0.214. The first-order chi connectivity index (χ1) is 12.1. The zero-order valence-corrected chi connectivity index (χ0v) is 17.4. The number of oxazole rings is 1. The molecule has 3 rings (SSSR count). The van der Waals surface area contributed by atoms with Gasteiger partial charge in [-0.1, -0.05) is 11.6 Å². The molecule has 0 aliphatic carbocycles. The molecule has 142 valence electrons. The number of phenols is 1. The van der Waals surface area contributed by atoms with E-state index in [0.717, 1.165) is 0 Å². The molecule has 1 saturated heterocycles. The fourth-order valence-corrected chi connectivity index (χ4v) is 3.67. The molecule has 2 aromatic rings. The molecule has 1 aliphatic rings. The van der Waals surface area contributed by atoms with E-state index >= 15 is 0 Å². The number of phenolic OH excluding ortho intramolecular Hbond substituents is 1. The minimum absolute atomic E-state index is 0.0271. The normalized spacial score (nSPS) is 18.5.